The van der Waals surface area contributed by atoms with Crippen LogP contribution in [0.2, 0.25) is 5.02 Å². The molecule has 0 saturated heterocycles. The Bertz CT molecular complexity index is 984. The van der Waals surface area contributed by atoms with E-state index < -0.39 is 0 Å². The maximum Gasteiger partial charge on any atom is 0.280 e. The van der Waals surface area contributed by atoms with E-state index in [0.29, 0.717) is 40.3 Å². The number of pyridine rings is 1. The molecule has 0 saturated carbocycles. The number of aromatic amines is 1. The van der Waals surface area contributed by atoms with Gasteiger partial charge in [0.2, 0.25) is 0 Å². The fourth-order valence-electron chi connectivity index (χ4n) is 2.71. The first-order chi connectivity index (χ1) is 11.0. The Morgan fingerprint density at radius 1 is 1.26 bits per heavy atom. The predicted octanol–water partition coefficient (Wildman–Crippen LogP) is 1.82. The average Bonchev–Trinajstić information content (AvgIpc) is 2.84. The number of halogens is 1. The van der Waals surface area contributed by atoms with Crippen molar-refractivity contribution in [2.45, 2.75) is 19.9 Å². The van der Waals surface area contributed by atoms with E-state index in [-0.39, 0.29) is 17.7 Å². The minimum absolute atomic E-state index is 0.0101. The van der Waals surface area contributed by atoms with Crippen molar-refractivity contribution in [3.05, 3.63) is 61.8 Å². The first-order valence-corrected chi connectivity index (χ1v) is 7.62. The van der Waals surface area contributed by atoms with Gasteiger partial charge in [0.1, 0.15) is 0 Å². The number of nitrogens with one attached hydrogen (secondary N) is 1. The second-order valence-corrected chi connectivity index (χ2v) is 5.75. The van der Waals surface area contributed by atoms with Crippen LogP contribution in [0.25, 0.3) is 16.6 Å². The largest absolute Gasteiger partial charge is 0.396 e. The third-order valence-corrected chi connectivity index (χ3v) is 4.06. The van der Waals surface area contributed by atoms with Crippen LogP contribution < -0.4 is 11.1 Å². The molecule has 2 heterocycles. The number of aliphatic hydroxyl groups is 1. The molecule has 0 bridgehead atoms. The molecule has 2 N–H and O–H groups in total. The number of nitrogens with zero attached hydrogens (tertiary/aromatic N) is 2. The predicted molar refractivity (Wildman–Crippen MR) is 89.6 cm³/mol. The quantitative estimate of drug-likeness (QED) is 0.764. The second kappa shape index (κ2) is 6.06. The van der Waals surface area contributed by atoms with Crippen LogP contribution in [0.5, 0.6) is 0 Å². The lowest BCUT2D eigenvalue weighted by molar-refractivity contribution is 0.278. The summed E-state index contributed by atoms with van der Waals surface area (Å²) in [4.78, 5) is 24.9. The van der Waals surface area contributed by atoms with Gasteiger partial charge < -0.3 is 9.67 Å². The first kappa shape index (κ1) is 15.6. The van der Waals surface area contributed by atoms with Crippen LogP contribution in [-0.4, -0.2) is 26.1 Å². The van der Waals surface area contributed by atoms with Crippen molar-refractivity contribution in [3.8, 4) is 5.69 Å². The highest BCUT2D eigenvalue weighted by molar-refractivity contribution is 6.30. The molecule has 3 rings (SSSR count). The number of aromatic nitrogens is 3. The van der Waals surface area contributed by atoms with Gasteiger partial charge in [-0.15, -0.1) is 0 Å². The van der Waals surface area contributed by atoms with E-state index >= 15 is 0 Å². The third-order valence-electron chi connectivity index (χ3n) is 3.83. The standard InChI is InChI=1S/C16H16ClN3O3/c1-10-15-13(9-14(22)19(10)6-3-7-21)18-20(16(15)23)12-5-2-4-11(17)8-12/h2,4-5,8-9,18,21H,3,6-7H2,1H3. The molecule has 0 radical (unpaired) electrons. The summed E-state index contributed by atoms with van der Waals surface area (Å²) in [5, 5.41) is 12.9. The highest BCUT2D eigenvalue weighted by atomic mass is 35.5. The van der Waals surface area contributed by atoms with E-state index in [1.165, 1.54) is 15.3 Å². The molecule has 0 unspecified atom stereocenters. The SMILES string of the molecule is Cc1c2c(=O)n(-c3cccc(Cl)c3)[nH]c2cc(=O)n1CCCO. The van der Waals surface area contributed by atoms with Gasteiger partial charge in [-0.05, 0) is 31.5 Å². The van der Waals surface area contributed by atoms with E-state index in [9.17, 15) is 9.59 Å². The zero-order valence-electron chi connectivity index (χ0n) is 12.5. The molecule has 2 aromatic heterocycles. The Hall–Kier alpha value is -2.31. The monoisotopic (exact) mass is 333 g/mol. The van der Waals surface area contributed by atoms with Crippen molar-refractivity contribution >= 4 is 22.5 Å². The van der Waals surface area contributed by atoms with Gasteiger partial charge in [0.25, 0.3) is 11.1 Å². The van der Waals surface area contributed by atoms with Crippen LogP contribution in [0.4, 0.5) is 0 Å². The van der Waals surface area contributed by atoms with Gasteiger partial charge in [0.05, 0.1) is 16.6 Å². The molecular weight excluding hydrogens is 318 g/mol. The number of fused-ring (bicyclic) bond motifs is 1. The summed E-state index contributed by atoms with van der Waals surface area (Å²) >= 11 is 5.98. The number of hydrogen-bond acceptors (Lipinski definition) is 3. The highest BCUT2D eigenvalue weighted by Crippen LogP contribution is 2.16. The Balaban J connectivity index is 2.25. The van der Waals surface area contributed by atoms with Gasteiger partial charge in [-0.2, -0.15) is 0 Å². The van der Waals surface area contributed by atoms with Gasteiger partial charge in [0.15, 0.2) is 0 Å². The zero-order valence-corrected chi connectivity index (χ0v) is 13.3. The molecule has 0 aliphatic rings. The molecular formula is C16H16ClN3O3. The molecule has 3 aromatic rings. The van der Waals surface area contributed by atoms with Crippen molar-refractivity contribution in [3.63, 3.8) is 0 Å². The Morgan fingerprint density at radius 3 is 2.74 bits per heavy atom. The van der Waals surface area contributed by atoms with Crippen molar-refractivity contribution in [1.29, 1.82) is 0 Å². The molecule has 0 spiro atoms. The number of rotatable bonds is 4. The summed E-state index contributed by atoms with van der Waals surface area (Å²) in [7, 11) is 0. The molecule has 1 aromatic carbocycles. The van der Waals surface area contributed by atoms with E-state index in [4.69, 9.17) is 16.7 Å². The Labute approximate surface area is 136 Å². The van der Waals surface area contributed by atoms with Gasteiger partial charge in [0, 0.05) is 29.9 Å². The third kappa shape index (κ3) is 2.71. The van der Waals surface area contributed by atoms with E-state index in [2.05, 4.69) is 5.10 Å². The van der Waals surface area contributed by atoms with Crippen molar-refractivity contribution in [2.75, 3.05) is 6.61 Å². The van der Waals surface area contributed by atoms with Crippen LogP contribution in [0.15, 0.2) is 39.9 Å². The lowest BCUT2D eigenvalue weighted by atomic mass is 10.2. The molecule has 7 heteroatoms. The lowest BCUT2D eigenvalue weighted by Crippen LogP contribution is -2.23. The zero-order chi connectivity index (χ0) is 16.6. The molecule has 0 aliphatic carbocycles. The molecule has 6 nitrogen and oxygen atoms in total. The van der Waals surface area contributed by atoms with Gasteiger partial charge in [-0.3, -0.25) is 14.7 Å². The summed E-state index contributed by atoms with van der Waals surface area (Å²) in [5.74, 6) is 0. The topological polar surface area (TPSA) is 80.0 Å². The minimum Gasteiger partial charge on any atom is -0.396 e. The molecule has 0 amide bonds. The lowest BCUT2D eigenvalue weighted by Gasteiger charge is -2.08. The molecule has 0 fully saturated rings. The van der Waals surface area contributed by atoms with Crippen molar-refractivity contribution < 1.29 is 5.11 Å². The highest BCUT2D eigenvalue weighted by Gasteiger charge is 2.15. The summed E-state index contributed by atoms with van der Waals surface area (Å²) in [6, 6.07) is 8.31. The summed E-state index contributed by atoms with van der Waals surface area (Å²) in [5.41, 5.74) is 1.23. The summed E-state index contributed by atoms with van der Waals surface area (Å²) in [6.45, 7) is 2.10. The Morgan fingerprint density at radius 2 is 2.04 bits per heavy atom. The summed E-state index contributed by atoms with van der Waals surface area (Å²) in [6.07, 6.45) is 0.457. The van der Waals surface area contributed by atoms with E-state index in [1.807, 2.05) is 0 Å². The minimum atomic E-state index is -0.238. The van der Waals surface area contributed by atoms with Gasteiger partial charge in [-0.25, -0.2) is 4.68 Å². The Kier molecular flexibility index (Phi) is 4.11. The van der Waals surface area contributed by atoms with Crippen LogP contribution in [-0.2, 0) is 6.54 Å². The molecule has 23 heavy (non-hydrogen) atoms. The number of aryl methyl sites for hydroxylation is 1. The van der Waals surface area contributed by atoms with E-state index in [1.54, 1.807) is 31.2 Å². The van der Waals surface area contributed by atoms with Gasteiger partial charge >= 0.3 is 0 Å². The van der Waals surface area contributed by atoms with Crippen LogP contribution in [0.1, 0.15) is 12.1 Å². The summed E-state index contributed by atoms with van der Waals surface area (Å²) < 4.78 is 2.88. The average molecular weight is 334 g/mol. The fraction of sp³-hybridized carbons (Fsp3) is 0.250. The van der Waals surface area contributed by atoms with Crippen LogP contribution >= 0.6 is 11.6 Å². The maximum absolute atomic E-state index is 12.7. The fourth-order valence-corrected chi connectivity index (χ4v) is 2.90. The number of aliphatic hydroxyl groups excluding tert-OH is 1. The normalized spacial score (nSPS) is 11.3. The van der Waals surface area contributed by atoms with Crippen LogP contribution in [0.3, 0.4) is 0 Å². The number of hydrogen-bond donors (Lipinski definition) is 2. The van der Waals surface area contributed by atoms with Crippen molar-refractivity contribution in [2.24, 2.45) is 0 Å². The first-order valence-electron chi connectivity index (χ1n) is 7.25. The number of H-pyrrole nitrogens is 1. The van der Waals surface area contributed by atoms with Crippen molar-refractivity contribution in [1.82, 2.24) is 14.3 Å². The second-order valence-electron chi connectivity index (χ2n) is 5.32. The van der Waals surface area contributed by atoms with Gasteiger partial charge in [-0.1, -0.05) is 17.7 Å². The smallest absolute Gasteiger partial charge is 0.280 e. The molecule has 0 aliphatic heterocycles. The molecule has 120 valence electrons. The van der Waals surface area contributed by atoms with E-state index in [0.717, 1.165) is 0 Å². The van der Waals surface area contributed by atoms with Crippen LogP contribution in [0, 0.1) is 6.92 Å². The number of benzene rings is 1. The maximum atomic E-state index is 12.7. The molecule has 0 atom stereocenters.